The van der Waals surface area contributed by atoms with Crippen LogP contribution in [0.2, 0.25) is 0 Å². The minimum absolute atomic E-state index is 0.153. The van der Waals surface area contributed by atoms with Crippen molar-refractivity contribution in [3.05, 3.63) is 0 Å². The monoisotopic (exact) mass is 86.0 g/mol. The molecule has 0 spiro atoms. The molecule has 0 aromatic heterocycles. The van der Waals surface area contributed by atoms with E-state index < -0.39 is 0 Å². The summed E-state index contributed by atoms with van der Waals surface area (Å²) in [6, 6.07) is 0. The molecule has 0 bridgehead atoms. The molecule has 0 aliphatic carbocycles. The Kier molecular flexibility index (Phi) is 44.9. The third kappa shape index (κ3) is 424. The van der Waals surface area contributed by atoms with E-state index in [2.05, 4.69) is 6.42 Å². The number of terminal acetylenes is 1. The SMILES string of the molecule is C#CCO.C=O. The summed E-state index contributed by atoms with van der Waals surface area (Å²) in [7, 11) is 0. The largest absolute Gasteiger partial charge is 0.384 e. The molecule has 0 aromatic carbocycles. The van der Waals surface area contributed by atoms with Crippen LogP contribution in [0, 0.1) is 12.3 Å². The highest BCUT2D eigenvalue weighted by atomic mass is 16.2. The van der Waals surface area contributed by atoms with Crippen molar-refractivity contribution in [1.82, 2.24) is 0 Å². The van der Waals surface area contributed by atoms with Gasteiger partial charge >= 0.3 is 0 Å². The number of hydrogen-bond donors (Lipinski definition) is 1. The minimum Gasteiger partial charge on any atom is -0.384 e. The van der Waals surface area contributed by atoms with E-state index in [4.69, 9.17) is 9.90 Å². The maximum absolute atomic E-state index is 8.00. The van der Waals surface area contributed by atoms with Crippen LogP contribution in [0.5, 0.6) is 0 Å². The molecule has 0 aromatic rings. The summed E-state index contributed by atoms with van der Waals surface area (Å²) in [6.07, 6.45) is 4.53. The fourth-order valence-corrected chi connectivity index (χ4v) is 0. The second-order valence-corrected chi connectivity index (χ2v) is 0.362. The van der Waals surface area contributed by atoms with Gasteiger partial charge in [0.15, 0.2) is 0 Å². The van der Waals surface area contributed by atoms with Gasteiger partial charge in [0.05, 0.1) is 0 Å². The fourth-order valence-electron chi connectivity index (χ4n) is 0. The summed E-state index contributed by atoms with van der Waals surface area (Å²) in [4.78, 5) is 8.00. The van der Waals surface area contributed by atoms with Gasteiger partial charge in [-0.2, -0.15) is 0 Å². The van der Waals surface area contributed by atoms with Crippen LogP contribution in [0.3, 0.4) is 0 Å². The molecule has 0 saturated carbocycles. The summed E-state index contributed by atoms with van der Waals surface area (Å²) >= 11 is 0. The quantitative estimate of drug-likeness (QED) is 0.401. The van der Waals surface area contributed by atoms with Gasteiger partial charge in [-0.15, -0.1) is 6.42 Å². The maximum atomic E-state index is 8.00. The zero-order chi connectivity index (χ0) is 5.41. The Balaban J connectivity index is 0. The molecule has 6 heavy (non-hydrogen) atoms. The number of carbonyl (C=O) groups excluding carboxylic acids is 1. The smallest absolute Gasteiger partial charge is 0.106 e. The van der Waals surface area contributed by atoms with Gasteiger partial charge < -0.3 is 9.90 Å². The van der Waals surface area contributed by atoms with Crippen LogP contribution in [0.4, 0.5) is 0 Å². The van der Waals surface area contributed by atoms with E-state index in [0.29, 0.717) is 0 Å². The van der Waals surface area contributed by atoms with E-state index >= 15 is 0 Å². The minimum atomic E-state index is -0.153. The van der Waals surface area contributed by atoms with E-state index in [1.54, 1.807) is 0 Å². The summed E-state index contributed by atoms with van der Waals surface area (Å²) in [5, 5.41) is 7.64. The molecule has 0 saturated heterocycles. The Bertz CT molecular complexity index is 44.0. The summed E-state index contributed by atoms with van der Waals surface area (Å²) in [5.74, 6) is 1.99. The van der Waals surface area contributed by atoms with Crippen LogP contribution < -0.4 is 0 Å². The van der Waals surface area contributed by atoms with Crippen molar-refractivity contribution in [2.45, 2.75) is 0 Å². The lowest BCUT2D eigenvalue weighted by atomic mass is 10.8. The third-order valence-corrected chi connectivity index (χ3v) is 0.0913. The first kappa shape index (κ1) is 8.95. The lowest BCUT2D eigenvalue weighted by Gasteiger charge is -1.55. The molecule has 0 amide bonds. The van der Waals surface area contributed by atoms with Crippen LogP contribution in [0.15, 0.2) is 0 Å². The van der Waals surface area contributed by atoms with Crippen LogP contribution in [0.1, 0.15) is 0 Å². The molecule has 0 aliphatic heterocycles. The fraction of sp³-hybridized carbons (Fsp3) is 0.250. The lowest BCUT2D eigenvalue weighted by molar-refractivity contribution is -0.0979. The van der Waals surface area contributed by atoms with Crippen molar-refractivity contribution in [3.8, 4) is 12.3 Å². The van der Waals surface area contributed by atoms with Crippen LogP contribution in [-0.2, 0) is 4.79 Å². The highest BCUT2D eigenvalue weighted by molar-refractivity contribution is 5.10. The molecule has 0 fully saturated rings. The van der Waals surface area contributed by atoms with Gasteiger partial charge in [0.1, 0.15) is 13.4 Å². The number of hydrogen-bond acceptors (Lipinski definition) is 2. The molecular weight excluding hydrogens is 80.0 g/mol. The number of aliphatic hydroxyl groups excluding tert-OH is 1. The second kappa shape index (κ2) is 30.1. The summed E-state index contributed by atoms with van der Waals surface area (Å²) in [5.41, 5.74) is 0. The van der Waals surface area contributed by atoms with Crippen molar-refractivity contribution < 1.29 is 9.90 Å². The van der Waals surface area contributed by atoms with E-state index in [1.165, 1.54) is 0 Å². The predicted octanol–water partition coefficient (Wildman–Crippen LogP) is -0.573. The molecule has 34 valence electrons. The number of aliphatic hydroxyl groups is 1. The zero-order valence-electron chi connectivity index (χ0n) is 3.35. The Morgan fingerprint density at radius 2 is 2.00 bits per heavy atom. The average molecular weight is 86.1 g/mol. The molecule has 0 heterocycles. The first-order chi connectivity index (χ1) is 2.91. The highest BCUT2D eigenvalue weighted by Crippen LogP contribution is 1.34. The van der Waals surface area contributed by atoms with E-state index in [9.17, 15) is 0 Å². The van der Waals surface area contributed by atoms with E-state index in [1.807, 2.05) is 12.7 Å². The van der Waals surface area contributed by atoms with E-state index in [-0.39, 0.29) is 6.61 Å². The Labute approximate surface area is 36.8 Å². The molecular formula is C4H6O2. The molecule has 0 unspecified atom stereocenters. The van der Waals surface area contributed by atoms with Crippen molar-refractivity contribution >= 4 is 6.79 Å². The van der Waals surface area contributed by atoms with Crippen molar-refractivity contribution in [1.29, 1.82) is 0 Å². The van der Waals surface area contributed by atoms with Gasteiger partial charge in [-0.1, -0.05) is 5.92 Å². The average Bonchev–Trinajstić information content (AvgIpc) is 1.72. The molecule has 1 N–H and O–H groups in total. The van der Waals surface area contributed by atoms with Gasteiger partial charge in [-0.3, -0.25) is 0 Å². The molecule has 2 heteroatoms. The molecule has 0 atom stereocenters. The first-order valence-corrected chi connectivity index (χ1v) is 1.25. The van der Waals surface area contributed by atoms with Crippen molar-refractivity contribution in [3.63, 3.8) is 0 Å². The van der Waals surface area contributed by atoms with Gasteiger partial charge in [-0.05, 0) is 0 Å². The normalized spacial score (nSPS) is 4.00. The predicted molar refractivity (Wildman–Crippen MR) is 23.0 cm³/mol. The molecule has 2 nitrogen and oxygen atoms in total. The zero-order valence-corrected chi connectivity index (χ0v) is 3.35. The molecule has 0 radical (unpaired) electrons. The summed E-state index contributed by atoms with van der Waals surface area (Å²) < 4.78 is 0. The number of carbonyl (C=O) groups is 1. The van der Waals surface area contributed by atoms with Gasteiger partial charge in [-0.25, -0.2) is 0 Å². The van der Waals surface area contributed by atoms with Crippen LogP contribution in [-0.4, -0.2) is 18.5 Å². The Hall–Kier alpha value is -0.810. The maximum Gasteiger partial charge on any atom is 0.106 e. The standard InChI is InChI=1S/C3H4O.CH2O/c1-2-3-4;1-2/h1,4H,3H2;1H2. The Morgan fingerprint density at radius 3 is 2.00 bits per heavy atom. The van der Waals surface area contributed by atoms with E-state index in [0.717, 1.165) is 0 Å². The highest BCUT2D eigenvalue weighted by Gasteiger charge is 1.43. The first-order valence-electron chi connectivity index (χ1n) is 1.25. The van der Waals surface area contributed by atoms with Crippen LogP contribution in [0.25, 0.3) is 0 Å². The van der Waals surface area contributed by atoms with Crippen molar-refractivity contribution in [2.24, 2.45) is 0 Å². The summed E-state index contributed by atoms with van der Waals surface area (Å²) in [6.45, 7) is 1.85. The van der Waals surface area contributed by atoms with Crippen molar-refractivity contribution in [2.75, 3.05) is 6.61 Å². The van der Waals surface area contributed by atoms with Crippen LogP contribution >= 0.6 is 0 Å². The second-order valence-electron chi connectivity index (χ2n) is 0.362. The number of rotatable bonds is 0. The lowest BCUT2D eigenvalue weighted by Crippen LogP contribution is -1.64. The van der Waals surface area contributed by atoms with Gasteiger partial charge in [0.2, 0.25) is 0 Å². The van der Waals surface area contributed by atoms with Gasteiger partial charge in [0, 0.05) is 0 Å². The molecule has 0 aliphatic rings. The third-order valence-electron chi connectivity index (χ3n) is 0.0913. The van der Waals surface area contributed by atoms with Gasteiger partial charge in [0.25, 0.3) is 0 Å². The molecule has 0 rings (SSSR count). The Morgan fingerprint density at radius 1 is 1.83 bits per heavy atom. The topological polar surface area (TPSA) is 37.3 Å².